The zero-order chi connectivity index (χ0) is 17.9. The summed E-state index contributed by atoms with van der Waals surface area (Å²) in [7, 11) is 1.66. The molecule has 0 aliphatic carbocycles. The number of nitrogens with one attached hydrogen (secondary N) is 1. The lowest BCUT2D eigenvalue weighted by Gasteiger charge is -2.22. The monoisotopic (exact) mass is 328 g/mol. The Morgan fingerprint density at radius 1 is 1.12 bits per heavy atom. The lowest BCUT2D eigenvalue weighted by atomic mass is 10.1. The number of benzene rings is 2. The Bertz CT molecular complexity index is 787. The molecule has 0 aliphatic rings. The van der Waals surface area contributed by atoms with Crippen LogP contribution in [-0.4, -0.2) is 25.3 Å². The van der Waals surface area contributed by atoms with Crippen LogP contribution in [0.4, 0.5) is 15.8 Å². The molecule has 2 aromatic carbocycles. The first-order chi connectivity index (χ1) is 11.3. The van der Waals surface area contributed by atoms with Gasteiger partial charge in [0.25, 0.3) is 0 Å². The highest BCUT2D eigenvalue weighted by Gasteiger charge is 2.18. The molecule has 0 radical (unpaired) electrons. The van der Waals surface area contributed by atoms with Gasteiger partial charge in [-0.3, -0.25) is 9.59 Å². The van der Waals surface area contributed by atoms with Crippen LogP contribution in [0, 0.1) is 19.7 Å². The summed E-state index contributed by atoms with van der Waals surface area (Å²) in [5, 5.41) is 2.86. The molecule has 0 aliphatic heterocycles. The van der Waals surface area contributed by atoms with Crippen molar-refractivity contribution in [3.63, 3.8) is 0 Å². The Labute approximate surface area is 141 Å². The number of halogens is 1. The van der Waals surface area contributed by atoms with Gasteiger partial charge >= 0.3 is 0 Å². The Balaban J connectivity index is 2.17. The van der Waals surface area contributed by atoms with E-state index in [1.807, 2.05) is 32.0 Å². The molecule has 2 rings (SSSR count). The number of hydrogen-bond donors (Lipinski definition) is 1. The van der Waals surface area contributed by atoms with Crippen molar-refractivity contribution < 1.29 is 14.0 Å². The molecule has 0 atom stereocenters. The molecule has 0 saturated heterocycles. The van der Waals surface area contributed by atoms with Crippen molar-refractivity contribution in [3.05, 3.63) is 58.9 Å². The van der Waals surface area contributed by atoms with Crippen molar-refractivity contribution in [3.8, 4) is 0 Å². The summed E-state index contributed by atoms with van der Waals surface area (Å²) in [5.41, 5.74) is 3.24. The Morgan fingerprint density at radius 2 is 1.79 bits per heavy atom. The minimum Gasteiger partial charge on any atom is -0.365 e. The van der Waals surface area contributed by atoms with Gasteiger partial charge in [0.2, 0.25) is 5.91 Å². The van der Waals surface area contributed by atoms with Gasteiger partial charge in [-0.25, -0.2) is 4.39 Å². The Morgan fingerprint density at radius 3 is 2.46 bits per heavy atom. The van der Waals surface area contributed by atoms with E-state index in [0.717, 1.165) is 16.8 Å². The average Bonchev–Trinajstić information content (AvgIpc) is 2.51. The summed E-state index contributed by atoms with van der Waals surface area (Å²) in [4.78, 5) is 25.5. The SMILES string of the molecule is CC(=O)c1c(F)cccc1N(C)CC(=O)Nc1cccc(C)c1C. The molecule has 1 amide bonds. The maximum atomic E-state index is 13.9. The van der Waals surface area contributed by atoms with Crippen LogP contribution in [0.2, 0.25) is 0 Å². The number of anilines is 2. The molecule has 0 saturated carbocycles. The van der Waals surface area contributed by atoms with Crippen LogP contribution in [0.5, 0.6) is 0 Å². The van der Waals surface area contributed by atoms with E-state index in [9.17, 15) is 14.0 Å². The molecule has 2 aromatic rings. The smallest absolute Gasteiger partial charge is 0.243 e. The van der Waals surface area contributed by atoms with Crippen LogP contribution in [-0.2, 0) is 4.79 Å². The van der Waals surface area contributed by atoms with Gasteiger partial charge in [-0.05, 0) is 50.1 Å². The maximum Gasteiger partial charge on any atom is 0.243 e. The van der Waals surface area contributed by atoms with Crippen molar-refractivity contribution in [1.82, 2.24) is 0 Å². The fourth-order valence-corrected chi connectivity index (χ4v) is 2.56. The van der Waals surface area contributed by atoms with Gasteiger partial charge < -0.3 is 10.2 Å². The molecule has 0 bridgehead atoms. The number of carbonyl (C=O) groups excluding carboxylic acids is 2. The number of nitrogens with zero attached hydrogens (tertiary/aromatic N) is 1. The van der Waals surface area contributed by atoms with Crippen molar-refractivity contribution >= 4 is 23.1 Å². The van der Waals surface area contributed by atoms with E-state index in [1.165, 1.54) is 19.1 Å². The molecule has 1 N–H and O–H groups in total. The number of rotatable bonds is 5. The van der Waals surface area contributed by atoms with E-state index in [-0.39, 0.29) is 23.8 Å². The number of ketones is 1. The number of carbonyl (C=O) groups is 2. The predicted octanol–water partition coefficient (Wildman–Crippen LogP) is 3.72. The average molecular weight is 328 g/mol. The van der Waals surface area contributed by atoms with Crippen LogP contribution < -0.4 is 10.2 Å². The maximum absolute atomic E-state index is 13.9. The van der Waals surface area contributed by atoms with Crippen LogP contribution in [0.25, 0.3) is 0 Å². The molecule has 0 spiro atoms. The summed E-state index contributed by atoms with van der Waals surface area (Å²) in [6.45, 7) is 5.24. The highest BCUT2D eigenvalue weighted by molar-refractivity contribution is 6.01. The second-order valence-corrected chi connectivity index (χ2v) is 5.84. The summed E-state index contributed by atoms with van der Waals surface area (Å²) in [6.07, 6.45) is 0. The molecule has 5 heteroatoms. The van der Waals surface area contributed by atoms with Gasteiger partial charge in [0, 0.05) is 12.7 Å². The molecule has 4 nitrogen and oxygen atoms in total. The minimum absolute atomic E-state index is 0.000430. The quantitative estimate of drug-likeness (QED) is 0.851. The molecule has 0 unspecified atom stereocenters. The van der Waals surface area contributed by atoms with Gasteiger partial charge in [0.15, 0.2) is 5.78 Å². The van der Waals surface area contributed by atoms with E-state index in [0.29, 0.717) is 5.69 Å². The topological polar surface area (TPSA) is 49.4 Å². The van der Waals surface area contributed by atoms with Gasteiger partial charge in [0.05, 0.1) is 17.8 Å². The van der Waals surface area contributed by atoms with Crippen molar-refractivity contribution in [2.75, 3.05) is 23.8 Å². The largest absolute Gasteiger partial charge is 0.365 e. The normalized spacial score (nSPS) is 10.4. The highest BCUT2D eigenvalue weighted by atomic mass is 19.1. The van der Waals surface area contributed by atoms with E-state index >= 15 is 0 Å². The van der Waals surface area contributed by atoms with E-state index < -0.39 is 5.82 Å². The number of Topliss-reactive ketones (excluding diaryl/α,β-unsaturated/α-hetero) is 1. The molecule has 126 valence electrons. The van der Waals surface area contributed by atoms with Crippen molar-refractivity contribution in [1.29, 1.82) is 0 Å². The molecule has 24 heavy (non-hydrogen) atoms. The number of amides is 1. The Kier molecular flexibility index (Phi) is 5.34. The van der Waals surface area contributed by atoms with E-state index in [1.54, 1.807) is 18.0 Å². The Hall–Kier alpha value is -2.69. The second-order valence-electron chi connectivity index (χ2n) is 5.84. The predicted molar refractivity (Wildman–Crippen MR) is 94.2 cm³/mol. The molecule has 0 heterocycles. The van der Waals surface area contributed by atoms with E-state index in [2.05, 4.69) is 5.32 Å². The zero-order valence-electron chi connectivity index (χ0n) is 14.3. The van der Waals surface area contributed by atoms with E-state index in [4.69, 9.17) is 0 Å². The first-order valence-corrected chi connectivity index (χ1v) is 7.68. The number of likely N-dealkylation sites (N-methyl/N-ethyl adjacent to an activating group) is 1. The third-order valence-electron chi connectivity index (χ3n) is 4.01. The van der Waals surface area contributed by atoms with Crippen molar-refractivity contribution in [2.45, 2.75) is 20.8 Å². The molecule has 0 fully saturated rings. The standard InChI is InChI=1S/C19H21FN2O2/c1-12-7-5-9-16(13(12)2)21-18(24)11-22(4)17-10-6-8-15(20)19(17)14(3)23/h5-10H,11H2,1-4H3,(H,21,24). The first kappa shape index (κ1) is 17.7. The number of hydrogen-bond acceptors (Lipinski definition) is 3. The summed E-state index contributed by atoms with van der Waals surface area (Å²) in [5.74, 6) is -1.18. The molecular weight excluding hydrogens is 307 g/mol. The fourth-order valence-electron chi connectivity index (χ4n) is 2.56. The lowest BCUT2D eigenvalue weighted by Crippen LogP contribution is -2.31. The van der Waals surface area contributed by atoms with Gasteiger partial charge in [-0.15, -0.1) is 0 Å². The summed E-state index contributed by atoms with van der Waals surface area (Å²) in [6, 6.07) is 10.1. The first-order valence-electron chi connectivity index (χ1n) is 7.68. The van der Waals surface area contributed by atoms with Crippen LogP contribution in [0.3, 0.4) is 0 Å². The molecular formula is C19H21FN2O2. The minimum atomic E-state index is -0.582. The van der Waals surface area contributed by atoms with Gasteiger partial charge in [-0.2, -0.15) is 0 Å². The van der Waals surface area contributed by atoms with Crippen LogP contribution in [0.1, 0.15) is 28.4 Å². The highest BCUT2D eigenvalue weighted by Crippen LogP contribution is 2.23. The number of aryl methyl sites for hydroxylation is 1. The fraction of sp³-hybridized carbons (Fsp3) is 0.263. The molecule has 0 aromatic heterocycles. The van der Waals surface area contributed by atoms with Crippen LogP contribution >= 0.6 is 0 Å². The summed E-state index contributed by atoms with van der Waals surface area (Å²) < 4.78 is 13.9. The summed E-state index contributed by atoms with van der Waals surface area (Å²) >= 11 is 0. The second kappa shape index (κ2) is 7.25. The van der Waals surface area contributed by atoms with Gasteiger partial charge in [-0.1, -0.05) is 18.2 Å². The van der Waals surface area contributed by atoms with Crippen molar-refractivity contribution in [2.24, 2.45) is 0 Å². The lowest BCUT2D eigenvalue weighted by molar-refractivity contribution is -0.114. The van der Waals surface area contributed by atoms with Crippen LogP contribution in [0.15, 0.2) is 36.4 Å². The zero-order valence-corrected chi connectivity index (χ0v) is 14.3. The third-order valence-corrected chi connectivity index (χ3v) is 4.01. The third kappa shape index (κ3) is 3.79. The van der Waals surface area contributed by atoms with Gasteiger partial charge in [0.1, 0.15) is 5.82 Å².